The molecule has 0 spiro atoms. The molecule has 0 aliphatic rings. The standard InChI is InChI=1S/C12H7ClN3/c13-9-4-3-5-10(8-9)16-12-7-2-1-6-11(12)14-15-16/h1-4,6-8H. The molecule has 0 unspecified atom stereocenters. The van der Waals surface area contributed by atoms with Gasteiger partial charge in [-0.2, -0.15) is 0 Å². The van der Waals surface area contributed by atoms with E-state index in [-0.39, 0.29) is 0 Å². The molecule has 16 heavy (non-hydrogen) atoms. The number of benzene rings is 2. The van der Waals surface area contributed by atoms with Crippen LogP contribution in [0.1, 0.15) is 0 Å². The third-order valence-corrected chi connectivity index (χ3v) is 2.56. The van der Waals surface area contributed by atoms with Crippen molar-refractivity contribution in [3.63, 3.8) is 0 Å². The second-order valence-corrected chi connectivity index (χ2v) is 3.82. The molecule has 77 valence electrons. The Kier molecular flexibility index (Phi) is 2.11. The first-order valence-corrected chi connectivity index (χ1v) is 5.20. The zero-order valence-corrected chi connectivity index (χ0v) is 9.02. The largest absolute Gasteiger partial charge is 0.212 e. The summed E-state index contributed by atoms with van der Waals surface area (Å²) in [5.74, 6) is 0. The van der Waals surface area contributed by atoms with E-state index in [1.807, 2.05) is 30.3 Å². The molecule has 0 amide bonds. The minimum atomic E-state index is 0.660. The minimum absolute atomic E-state index is 0.660. The molecule has 0 aliphatic heterocycles. The van der Waals surface area contributed by atoms with Crippen molar-refractivity contribution in [3.8, 4) is 5.69 Å². The molecule has 0 saturated carbocycles. The summed E-state index contributed by atoms with van der Waals surface area (Å²) < 4.78 is 1.72. The highest BCUT2D eigenvalue weighted by Gasteiger charge is 2.05. The van der Waals surface area contributed by atoms with Crippen molar-refractivity contribution in [2.24, 2.45) is 0 Å². The van der Waals surface area contributed by atoms with Crippen LogP contribution in [0.25, 0.3) is 16.7 Å². The molecule has 0 N–H and O–H groups in total. The number of para-hydroxylation sites is 1. The van der Waals surface area contributed by atoms with Crippen LogP contribution in [0.2, 0.25) is 5.02 Å². The van der Waals surface area contributed by atoms with E-state index in [0.29, 0.717) is 5.02 Å². The number of fused-ring (bicyclic) bond motifs is 1. The Labute approximate surface area is 97.3 Å². The van der Waals surface area contributed by atoms with E-state index in [9.17, 15) is 0 Å². The maximum absolute atomic E-state index is 5.93. The third kappa shape index (κ3) is 1.46. The fourth-order valence-corrected chi connectivity index (χ4v) is 1.76. The zero-order chi connectivity index (χ0) is 11.0. The quantitative estimate of drug-likeness (QED) is 0.641. The highest BCUT2D eigenvalue weighted by molar-refractivity contribution is 6.30. The van der Waals surface area contributed by atoms with E-state index in [1.54, 1.807) is 16.8 Å². The Hall–Kier alpha value is -1.87. The summed E-state index contributed by atoms with van der Waals surface area (Å²) in [6.07, 6.45) is 0. The van der Waals surface area contributed by atoms with Crippen molar-refractivity contribution in [2.45, 2.75) is 0 Å². The fourth-order valence-electron chi connectivity index (χ4n) is 1.60. The number of hydrogen-bond acceptors (Lipinski definition) is 2. The van der Waals surface area contributed by atoms with Crippen molar-refractivity contribution in [1.82, 2.24) is 15.0 Å². The van der Waals surface area contributed by atoms with Crippen LogP contribution in [-0.2, 0) is 0 Å². The van der Waals surface area contributed by atoms with Crippen molar-refractivity contribution < 1.29 is 0 Å². The van der Waals surface area contributed by atoms with Gasteiger partial charge in [-0.25, -0.2) is 4.68 Å². The van der Waals surface area contributed by atoms with Gasteiger partial charge >= 0.3 is 0 Å². The highest BCUT2D eigenvalue weighted by atomic mass is 35.5. The van der Waals surface area contributed by atoms with Crippen LogP contribution in [0, 0.1) is 6.07 Å². The van der Waals surface area contributed by atoms with Gasteiger partial charge in [0.15, 0.2) is 0 Å². The molecule has 4 heteroatoms. The monoisotopic (exact) mass is 228 g/mol. The minimum Gasteiger partial charge on any atom is -0.212 e. The van der Waals surface area contributed by atoms with E-state index < -0.39 is 0 Å². The molecular formula is C12H7ClN3. The van der Waals surface area contributed by atoms with Crippen LogP contribution in [0.3, 0.4) is 0 Å². The fraction of sp³-hybridized carbons (Fsp3) is 0. The molecule has 0 bridgehead atoms. The van der Waals surface area contributed by atoms with Gasteiger partial charge in [0.25, 0.3) is 0 Å². The second-order valence-electron chi connectivity index (χ2n) is 3.38. The number of rotatable bonds is 1. The first kappa shape index (κ1) is 9.36. The molecule has 3 nitrogen and oxygen atoms in total. The Balaban J connectivity index is 2.26. The SMILES string of the molecule is Clc1cc[c]c(-n2nnc3ccccc32)c1. The van der Waals surface area contributed by atoms with Crippen LogP contribution in [0.4, 0.5) is 0 Å². The molecule has 2 aromatic carbocycles. The Morgan fingerprint density at radius 1 is 1.19 bits per heavy atom. The molecule has 1 heterocycles. The molecule has 3 rings (SSSR count). The van der Waals surface area contributed by atoms with Crippen LogP contribution >= 0.6 is 11.6 Å². The summed E-state index contributed by atoms with van der Waals surface area (Å²) in [6, 6.07) is 16.2. The molecular weight excluding hydrogens is 222 g/mol. The summed E-state index contributed by atoms with van der Waals surface area (Å²) >= 11 is 5.93. The van der Waals surface area contributed by atoms with Gasteiger partial charge in [0.1, 0.15) is 5.52 Å². The van der Waals surface area contributed by atoms with Gasteiger partial charge in [0.05, 0.1) is 11.2 Å². The second kappa shape index (κ2) is 3.61. The van der Waals surface area contributed by atoms with Gasteiger partial charge in [0.2, 0.25) is 0 Å². The lowest BCUT2D eigenvalue weighted by Gasteiger charge is -2.01. The van der Waals surface area contributed by atoms with Gasteiger partial charge in [-0.05, 0) is 24.3 Å². The first-order chi connectivity index (χ1) is 7.84. The van der Waals surface area contributed by atoms with Crippen LogP contribution in [-0.4, -0.2) is 15.0 Å². The maximum Gasteiger partial charge on any atom is 0.113 e. The van der Waals surface area contributed by atoms with E-state index in [1.165, 1.54) is 0 Å². The topological polar surface area (TPSA) is 30.7 Å². The zero-order valence-electron chi connectivity index (χ0n) is 8.26. The summed E-state index contributed by atoms with van der Waals surface area (Å²) in [6.45, 7) is 0. The summed E-state index contributed by atoms with van der Waals surface area (Å²) in [5, 5.41) is 8.82. The maximum atomic E-state index is 5.93. The summed E-state index contributed by atoms with van der Waals surface area (Å²) in [4.78, 5) is 0. The van der Waals surface area contributed by atoms with E-state index >= 15 is 0 Å². The molecule has 1 radical (unpaired) electrons. The number of halogens is 1. The summed E-state index contributed by atoms with van der Waals surface area (Å²) in [7, 11) is 0. The van der Waals surface area contributed by atoms with Gasteiger partial charge in [-0.3, -0.25) is 0 Å². The normalized spacial score (nSPS) is 10.8. The van der Waals surface area contributed by atoms with Crippen LogP contribution in [0.15, 0.2) is 42.5 Å². The van der Waals surface area contributed by atoms with E-state index in [2.05, 4.69) is 16.4 Å². The van der Waals surface area contributed by atoms with Crippen molar-refractivity contribution >= 4 is 22.6 Å². The molecule has 3 aromatic rings. The lowest BCUT2D eigenvalue weighted by atomic mass is 10.3. The Bertz CT molecular complexity index is 645. The molecule has 1 aromatic heterocycles. The smallest absolute Gasteiger partial charge is 0.113 e. The average molecular weight is 229 g/mol. The predicted octanol–water partition coefficient (Wildman–Crippen LogP) is 2.87. The molecule has 0 aliphatic carbocycles. The molecule has 0 fully saturated rings. The predicted molar refractivity (Wildman–Crippen MR) is 62.7 cm³/mol. The van der Waals surface area contributed by atoms with E-state index in [4.69, 9.17) is 11.6 Å². The lowest BCUT2D eigenvalue weighted by molar-refractivity contribution is 0.823. The first-order valence-electron chi connectivity index (χ1n) is 4.83. The average Bonchev–Trinajstić information content (AvgIpc) is 2.72. The van der Waals surface area contributed by atoms with Crippen LogP contribution in [0.5, 0.6) is 0 Å². The van der Waals surface area contributed by atoms with Gasteiger partial charge in [0, 0.05) is 11.1 Å². The number of nitrogens with zero attached hydrogens (tertiary/aromatic N) is 3. The van der Waals surface area contributed by atoms with Gasteiger partial charge in [-0.1, -0.05) is 35.0 Å². The third-order valence-electron chi connectivity index (χ3n) is 2.33. The van der Waals surface area contributed by atoms with Crippen LogP contribution < -0.4 is 0 Å². The van der Waals surface area contributed by atoms with Crippen molar-refractivity contribution in [2.75, 3.05) is 0 Å². The number of hydrogen-bond donors (Lipinski definition) is 0. The molecule has 0 atom stereocenters. The van der Waals surface area contributed by atoms with E-state index in [0.717, 1.165) is 16.7 Å². The van der Waals surface area contributed by atoms with Crippen molar-refractivity contribution in [1.29, 1.82) is 0 Å². The number of aromatic nitrogens is 3. The molecule has 0 saturated heterocycles. The van der Waals surface area contributed by atoms with Gasteiger partial charge < -0.3 is 0 Å². The van der Waals surface area contributed by atoms with Gasteiger partial charge in [-0.15, -0.1) is 5.10 Å². The Morgan fingerprint density at radius 2 is 2.06 bits per heavy atom. The highest BCUT2D eigenvalue weighted by Crippen LogP contribution is 2.18. The Morgan fingerprint density at radius 3 is 2.94 bits per heavy atom. The van der Waals surface area contributed by atoms with Crippen molar-refractivity contribution in [3.05, 3.63) is 53.6 Å². The lowest BCUT2D eigenvalue weighted by Crippen LogP contribution is -1.96. The summed E-state index contributed by atoms with van der Waals surface area (Å²) in [5.41, 5.74) is 2.60.